The Labute approximate surface area is 365 Å². The van der Waals surface area contributed by atoms with E-state index in [0.29, 0.717) is 5.82 Å². The number of fused-ring (bicyclic) bond motifs is 6. The Kier molecular flexibility index (Phi) is 8.62. The van der Waals surface area contributed by atoms with Crippen molar-refractivity contribution in [1.29, 1.82) is 0 Å². The van der Waals surface area contributed by atoms with Crippen LogP contribution in [-0.2, 0) is 5.41 Å². The van der Waals surface area contributed by atoms with Crippen LogP contribution < -0.4 is 0 Å². The minimum atomic E-state index is -0.464. The van der Waals surface area contributed by atoms with Gasteiger partial charge in [0, 0.05) is 36.9 Å². The summed E-state index contributed by atoms with van der Waals surface area (Å²) >= 11 is 1.86. The van der Waals surface area contributed by atoms with Crippen molar-refractivity contribution >= 4 is 31.5 Å². The molecular formula is C59H38N2S. The molecule has 0 radical (unpaired) electrons. The summed E-state index contributed by atoms with van der Waals surface area (Å²) in [7, 11) is 0. The van der Waals surface area contributed by atoms with Crippen LogP contribution in [0.3, 0.4) is 0 Å². The molecule has 0 atom stereocenters. The van der Waals surface area contributed by atoms with Crippen LogP contribution >= 0.6 is 11.3 Å². The van der Waals surface area contributed by atoms with E-state index in [-0.39, 0.29) is 0 Å². The van der Waals surface area contributed by atoms with E-state index in [0.717, 1.165) is 39.2 Å². The van der Waals surface area contributed by atoms with Crippen LogP contribution in [0.2, 0.25) is 0 Å². The largest absolute Gasteiger partial charge is 0.228 e. The first kappa shape index (κ1) is 36.2. The fourth-order valence-electron chi connectivity index (χ4n) is 9.74. The fourth-order valence-corrected chi connectivity index (χ4v) is 11.0. The standard InChI is InChI=1S/C59H38N2S/c1-4-16-41(17-5-1)58-60-54(40-32-30-39(31-33-40)47-26-15-27-51-50-25-11-13-29-56(50)62-57(47)51)38-55(61-58)44-19-14-18-42(36-44)43-34-35-49-48-24-10-12-28-52(48)59(53(49)37-43,45-20-6-2-7-21-45)46-22-8-3-9-23-46/h1-38H. The van der Waals surface area contributed by atoms with Gasteiger partial charge in [-0.05, 0) is 79.9 Å². The number of thiophene rings is 1. The van der Waals surface area contributed by atoms with E-state index >= 15 is 0 Å². The third-order valence-corrected chi connectivity index (χ3v) is 13.8. The second kappa shape index (κ2) is 14.8. The third kappa shape index (κ3) is 5.85. The van der Waals surface area contributed by atoms with Gasteiger partial charge in [-0.25, -0.2) is 9.97 Å². The summed E-state index contributed by atoms with van der Waals surface area (Å²) in [5.74, 6) is 0.702. The molecule has 9 aromatic carbocycles. The van der Waals surface area contributed by atoms with E-state index in [1.807, 2.05) is 29.5 Å². The van der Waals surface area contributed by atoms with Crippen molar-refractivity contribution < 1.29 is 0 Å². The maximum Gasteiger partial charge on any atom is 0.160 e. The number of aromatic nitrogens is 2. The van der Waals surface area contributed by atoms with Gasteiger partial charge in [0.25, 0.3) is 0 Å². The highest BCUT2D eigenvalue weighted by molar-refractivity contribution is 7.26. The molecule has 2 heterocycles. The molecular weight excluding hydrogens is 769 g/mol. The van der Waals surface area contributed by atoms with Crippen LogP contribution in [0.5, 0.6) is 0 Å². The summed E-state index contributed by atoms with van der Waals surface area (Å²) in [6, 6.07) is 83.4. The first-order valence-corrected chi connectivity index (χ1v) is 22.0. The van der Waals surface area contributed by atoms with Crippen molar-refractivity contribution in [3.05, 3.63) is 253 Å². The van der Waals surface area contributed by atoms with Crippen molar-refractivity contribution in [2.45, 2.75) is 5.41 Å². The highest BCUT2D eigenvalue weighted by Crippen LogP contribution is 2.56. The topological polar surface area (TPSA) is 25.8 Å². The minimum absolute atomic E-state index is 0.464. The summed E-state index contributed by atoms with van der Waals surface area (Å²) in [4.78, 5) is 10.4. The zero-order chi connectivity index (χ0) is 41.0. The van der Waals surface area contributed by atoms with Gasteiger partial charge in [0.2, 0.25) is 0 Å². The van der Waals surface area contributed by atoms with Crippen molar-refractivity contribution in [1.82, 2.24) is 9.97 Å². The lowest BCUT2D eigenvalue weighted by Crippen LogP contribution is -2.28. The molecule has 0 saturated carbocycles. The molecule has 1 aliphatic carbocycles. The third-order valence-electron chi connectivity index (χ3n) is 12.6. The van der Waals surface area contributed by atoms with Gasteiger partial charge in [-0.2, -0.15) is 0 Å². The maximum atomic E-state index is 5.23. The molecule has 11 aromatic rings. The average Bonchev–Trinajstić information content (AvgIpc) is 3.89. The fraction of sp³-hybridized carbons (Fsp3) is 0.0169. The van der Waals surface area contributed by atoms with Crippen LogP contribution in [0.4, 0.5) is 0 Å². The number of benzene rings is 9. The molecule has 0 unspecified atom stereocenters. The summed E-state index contributed by atoms with van der Waals surface area (Å²) < 4.78 is 2.63. The summed E-state index contributed by atoms with van der Waals surface area (Å²) in [5, 5.41) is 2.62. The van der Waals surface area contributed by atoms with Gasteiger partial charge in [-0.3, -0.25) is 0 Å². The van der Waals surface area contributed by atoms with E-state index in [1.165, 1.54) is 64.7 Å². The van der Waals surface area contributed by atoms with Gasteiger partial charge in [0.15, 0.2) is 5.82 Å². The van der Waals surface area contributed by atoms with Crippen molar-refractivity contribution in [2.24, 2.45) is 0 Å². The number of hydrogen-bond donors (Lipinski definition) is 0. The predicted molar refractivity (Wildman–Crippen MR) is 259 cm³/mol. The van der Waals surface area contributed by atoms with Crippen LogP contribution in [0, 0.1) is 0 Å². The lowest BCUT2D eigenvalue weighted by molar-refractivity contribution is 0.769. The smallest absolute Gasteiger partial charge is 0.160 e. The first-order chi connectivity index (χ1) is 30.7. The van der Waals surface area contributed by atoms with Gasteiger partial charge in [-0.15, -0.1) is 11.3 Å². The average molecular weight is 807 g/mol. The van der Waals surface area contributed by atoms with Crippen LogP contribution in [-0.4, -0.2) is 9.97 Å². The molecule has 0 fully saturated rings. The molecule has 62 heavy (non-hydrogen) atoms. The van der Waals surface area contributed by atoms with Crippen LogP contribution in [0.15, 0.2) is 231 Å². The number of rotatable bonds is 7. The summed E-state index contributed by atoms with van der Waals surface area (Å²) in [6.07, 6.45) is 0. The Balaban J connectivity index is 0.968. The molecule has 0 amide bonds. The zero-order valence-electron chi connectivity index (χ0n) is 33.7. The van der Waals surface area contributed by atoms with Gasteiger partial charge in [0.05, 0.1) is 16.8 Å². The lowest BCUT2D eigenvalue weighted by atomic mass is 9.67. The monoisotopic (exact) mass is 806 g/mol. The molecule has 0 bridgehead atoms. The molecule has 2 aromatic heterocycles. The Bertz CT molecular complexity index is 3400. The highest BCUT2D eigenvalue weighted by atomic mass is 32.1. The first-order valence-electron chi connectivity index (χ1n) is 21.1. The predicted octanol–water partition coefficient (Wildman–Crippen LogP) is 15.5. The highest BCUT2D eigenvalue weighted by Gasteiger charge is 2.46. The van der Waals surface area contributed by atoms with Crippen molar-refractivity contribution in [3.63, 3.8) is 0 Å². The SMILES string of the molecule is c1ccc(-c2nc(-c3ccc(-c4cccc5c4sc4ccccc45)cc3)cc(-c3cccc(-c4ccc5c(c4)C(c4ccccc4)(c4ccccc4)c4ccccc4-5)c3)n2)cc1. The van der Waals surface area contributed by atoms with Crippen molar-refractivity contribution in [3.8, 4) is 67.3 Å². The number of hydrogen-bond acceptors (Lipinski definition) is 3. The number of nitrogens with zero attached hydrogens (tertiary/aromatic N) is 2. The van der Waals surface area contributed by atoms with E-state index in [9.17, 15) is 0 Å². The van der Waals surface area contributed by atoms with Crippen LogP contribution in [0.1, 0.15) is 22.3 Å². The lowest BCUT2D eigenvalue weighted by Gasteiger charge is -2.34. The molecule has 0 N–H and O–H groups in total. The van der Waals surface area contributed by atoms with E-state index < -0.39 is 5.41 Å². The summed E-state index contributed by atoms with van der Waals surface area (Å²) in [5.41, 5.74) is 16.8. The second-order valence-electron chi connectivity index (χ2n) is 16.1. The van der Waals surface area contributed by atoms with E-state index in [1.54, 1.807) is 0 Å². The Morgan fingerprint density at radius 3 is 1.63 bits per heavy atom. The zero-order valence-corrected chi connectivity index (χ0v) is 34.6. The molecule has 0 spiro atoms. The molecule has 12 rings (SSSR count). The molecule has 290 valence electrons. The normalized spacial score (nSPS) is 12.6. The molecule has 1 aliphatic rings. The van der Waals surface area contributed by atoms with Crippen molar-refractivity contribution in [2.75, 3.05) is 0 Å². The second-order valence-corrected chi connectivity index (χ2v) is 17.1. The molecule has 0 saturated heterocycles. The molecule has 3 heteroatoms. The van der Waals surface area contributed by atoms with Crippen LogP contribution in [0.25, 0.3) is 87.5 Å². The Morgan fingerprint density at radius 2 is 0.855 bits per heavy atom. The maximum absolute atomic E-state index is 5.23. The summed E-state index contributed by atoms with van der Waals surface area (Å²) in [6.45, 7) is 0. The quantitative estimate of drug-likeness (QED) is 0.160. The van der Waals surface area contributed by atoms with Gasteiger partial charge in [0.1, 0.15) is 0 Å². The molecule has 0 aliphatic heterocycles. The Hall–Kier alpha value is -7.72. The van der Waals surface area contributed by atoms with Gasteiger partial charge in [-0.1, -0.05) is 206 Å². The van der Waals surface area contributed by atoms with Gasteiger partial charge >= 0.3 is 0 Å². The Morgan fingerprint density at radius 1 is 0.323 bits per heavy atom. The van der Waals surface area contributed by atoms with E-state index in [4.69, 9.17) is 9.97 Å². The van der Waals surface area contributed by atoms with E-state index in [2.05, 4.69) is 212 Å². The molecule has 2 nitrogen and oxygen atoms in total. The van der Waals surface area contributed by atoms with Gasteiger partial charge < -0.3 is 0 Å². The minimum Gasteiger partial charge on any atom is -0.228 e.